The molecule has 0 bridgehead atoms. The molecule has 0 aliphatic heterocycles. The number of hydrogen-bond acceptors (Lipinski definition) is 6. The second-order valence-electron chi connectivity index (χ2n) is 18.6. The third-order valence-electron chi connectivity index (χ3n) is 12.2. The SMILES string of the molecule is CCCCCCCC/C=C\CCCCCCCC(=O)NCCCC[C@H](N)C(=O)NCCCCCCNC(=O)[C@@H](N)CCCCNC(=O)CCCCCCC/C=C\CCCCCCCC. The first-order chi connectivity index (χ1) is 31.3. The van der Waals surface area contributed by atoms with E-state index in [-0.39, 0.29) is 23.6 Å². The number of nitrogens with one attached hydrogen (secondary N) is 4. The molecule has 0 aromatic rings. The highest BCUT2D eigenvalue weighted by atomic mass is 16.2. The van der Waals surface area contributed by atoms with Crippen molar-refractivity contribution >= 4 is 23.6 Å². The minimum Gasteiger partial charge on any atom is -0.356 e. The Balaban J connectivity index is 3.56. The first-order valence-electron chi connectivity index (χ1n) is 27.2. The standard InChI is InChI=1S/C54H104N6O4/c1-3-5-7-9-11-13-15-17-19-21-23-25-27-29-33-43-51(61)57-45-39-35-41-49(55)53(63)59-47-37-31-32-38-48-60-54(64)50(56)42-36-40-46-58-52(62)44-34-30-28-26-24-22-20-18-16-14-12-10-8-6-4-2/h17-20,49-50H,3-16,21-48,55-56H2,1-2H3,(H,57,61)(H,58,62)(H,59,63)(H,60,64)/b19-17-,20-18-/t49-,50-/m0/s1. The lowest BCUT2D eigenvalue weighted by Crippen LogP contribution is -2.41. The molecule has 0 aliphatic rings. The van der Waals surface area contributed by atoms with Crippen LogP contribution in [0.5, 0.6) is 0 Å². The molecule has 0 heterocycles. The average Bonchev–Trinajstić information content (AvgIpc) is 3.29. The molecular weight excluding hydrogens is 797 g/mol. The van der Waals surface area contributed by atoms with Crippen LogP contribution in [0.2, 0.25) is 0 Å². The minimum atomic E-state index is -0.531. The van der Waals surface area contributed by atoms with Crippen molar-refractivity contribution in [1.29, 1.82) is 0 Å². The minimum absolute atomic E-state index is 0.120. The molecule has 2 atom stereocenters. The van der Waals surface area contributed by atoms with Crippen LogP contribution in [0.1, 0.15) is 258 Å². The molecule has 64 heavy (non-hydrogen) atoms. The molecule has 8 N–H and O–H groups in total. The molecule has 0 aromatic carbocycles. The maximum absolute atomic E-state index is 12.4. The predicted octanol–water partition coefficient (Wildman–Crippen LogP) is 12.1. The van der Waals surface area contributed by atoms with E-state index < -0.39 is 12.1 Å². The van der Waals surface area contributed by atoms with Gasteiger partial charge in [0.15, 0.2) is 0 Å². The van der Waals surface area contributed by atoms with E-state index in [0.29, 0.717) is 51.9 Å². The van der Waals surface area contributed by atoms with Crippen LogP contribution in [0.3, 0.4) is 0 Å². The van der Waals surface area contributed by atoms with Gasteiger partial charge in [-0.3, -0.25) is 19.2 Å². The highest BCUT2D eigenvalue weighted by Gasteiger charge is 2.14. The summed E-state index contributed by atoms with van der Waals surface area (Å²) in [6.07, 6.45) is 51.2. The zero-order valence-corrected chi connectivity index (χ0v) is 42.0. The third-order valence-corrected chi connectivity index (χ3v) is 12.2. The highest BCUT2D eigenvalue weighted by molar-refractivity contribution is 5.81. The van der Waals surface area contributed by atoms with E-state index in [1.807, 2.05) is 0 Å². The molecule has 10 heteroatoms. The predicted molar refractivity (Wildman–Crippen MR) is 273 cm³/mol. The zero-order valence-electron chi connectivity index (χ0n) is 42.0. The average molecular weight is 901 g/mol. The summed E-state index contributed by atoms with van der Waals surface area (Å²) >= 11 is 0. The van der Waals surface area contributed by atoms with E-state index in [4.69, 9.17) is 11.5 Å². The number of rotatable bonds is 49. The van der Waals surface area contributed by atoms with Crippen LogP contribution in [-0.4, -0.2) is 61.9 Å². The quantitative estimate of drug-likeness (QED) is 0.0262. The summed E-state index contributed by atoms with van der Waals surface area (Å²) in [6.45, 7) is 6.97. The molecule has 0 saturated carbocycles. The van der Waals surface area contributed by atoms with Gasteiger partial charge in [0.05, 0.1) is 12.1 Å². The van der Waals surface area contributed by atoms with Crippen molar-refractivity contribution in [2.24, 2.45) is 11.5 Å². The van der Waals surface area contributed by atoms with Crippen LogP contribution in [0.15, 0.2) is 24.3 Å². The Labute approximate surface area is 394 Å². The lowest BCUT2D eigenvalue weighted by molar-refractivity contribution is -0.123. The van der Waals surface area contributed by atoms with E-state index in [2.05, 4.69) is 59.4 Å². The summed E-state index contributed by atoms with van der Waals surface area (Å²) in [4.78, 5) is 49.1. The highest BCUT2D eigenvalue weighted by Crippen LogP contribution is 2.12. The van der Waals surface area contributed by atoms with Crippen molar-refractivity contribution in [1.82, 2.24) is 21.3 Å². The molecule has 0 spiro atoms. The van der Waals surface area contributed by atoms with Gasteiger partial charge in [0.25, 0.3) is 0 Å². The number of hydrogen-bond donors (Lipinski definition) is 6. The van der Waals surface area contributed by atoms with Crippen LogP contribution in [0.4, 0.5) is 0 Å². The van der Waals surface area contributed by atoms with Gasteiger partial charge in [-0.05, 0) is 116 Å². The molecule has 0 aromatic heterocycles. The van der Waals surface area contributed by atoms with Gasteiger partial charge in [-0.2, -0.15) is 0 Å². The third kappa shape index (κ3) is 45.8. The Morgan fingerprint density at radius 3 is 0.953 bits per heavy atom. The fourth-order valence-corrected chi connectivity index (χ4v) is 7.87. The number of carbonyl (C=O) groups excluding carboxylic acids is 4. The van der Waals surface area contributed by atoms with Gasteiger partial charge in [-0.1, -0.05) is 154 Å². The normalized spacial score (nSPS) is 12.5. The second kappa shape index (κ2) is 49.7. The molecule has 374 valence electrons. The largest absolute Gasteiger partial charge is 0.356 e. The Hall–Kier alpha value is -2.72. The Morgan fingerprint density at radius 1 is 0.344 bits per heavy atom. The number of nitrogens with two attached hydrogens (primary N) is 2. The van der Waals surface area contributed by atoms with Gasteiger partial charge in [-0.25, -0.2) is 0 Å². The lowest BCUT2D eigenvalue weighted by atomic mass is 10.1. The molecule has 0 fully saturated rings. The van der Waals surface area contributed by atoms with Crippen molar-refractivity contribution in [3.05, 3.63) is 24.3 Å². The van der Waals surface area contributed by atoms with E-state index in [1.54, 1.807) is 0 Å². The van der Waals surface area contributed by atoms with Crippen LogP contribution < -0.4 is 32.7 Å². The molecule has 0 aliphatic carbocycles. The van der Waals surface area contributed by atoms with Crippen molar-refractivity contribution in [2.45, 2.75) is 270 Å². The smallest absolute Gasteiger partial charge is 0.236 e. The Morgan fingerprint density at radius 2 is 0.609 bits per heavy atom. The topological polar surface area (TPSA) is 168 Å². The summed E-state index contributed by atoms with van der Waals surface area (Å²) in [5, 5.41) is 11.9. The van der Waals surface area contributed by atoms with Gasteiger partial charge in [-0.15, -0.1) is 0 Å². The fourth-order valence-electron chi connectivity index (χ4n) is 7.87. The van der Waals surface area contributed by atoms with Gasteiger partial charge in [0.1, 0.15) is 0 Å². The van der Waals surface area contributed by atoms with Gasteiger partial charge >= 0.3 is 0 Å². The first-order valence-corrected chi connectivity index (χ1v) is 27.2. The molecule has 0 unspecified atom stereocenters. The zero-order chi connectivity index (χ0) is 46.8. The van der Waals surface area contributed by atoms with Crippen molar-refractivity contribution in [3.63, 3.8) is 0 Å². The van der Waals surface area contributed by atoms with Crippen molar-refractivity contribution in [3.8, 4) is 0 Å². The summed E-state index contributed by atoms with van der Waals surface area (Å²) in [7, 11) is 0. The monoisotopic (exact) mass is 901 g/mol. The molecule has 0 saturated heterocycles. The molecule has 4 amide bonds. The van der Waals surface area contributed by atoms with Gasteiger partial charge in [0, 0.05) is 39.0 Å². The van der Waals surface area contributed by atoms with E-state index in [9.17, 15) is 19.2 Å². The van der Waals surface area contributed by atoms with E-state index >= 15 is 0 Å². The maximum atomic E-state index is 12.4. The van der Waals surface area contributed by atoms with E-state index in [0.717, 1.165) is 77.0 Å². The summed E-state index contributed by atoms with van der Waals surface area (Å²) in [5.74, 6) is 0.000107. The van der Waals surface area contributed by atoms with Crippen LogP contribution in [0.25, 0.3) is 0 Å². The summed E-state index contributed by atoms with van der Waals surface area (Å²) < 4.78 is 0. The fraction of sp³-hybridized carbons (Fsp3) is 0.852. The lowest BCUT2D eigenvalue weighted by Gasteiger charge is -2.13. The first kappa shape index (κ1) is 61.3. The van der Waals surface area contributed by atoms with Gasteiger partial charge in [0.2, 0.25) is 23.6 Å². The molecule has 0 rings (SSSR count). The van der Waals surface area contributed by atoms with Gasteiger partial charge < -0.3 is 32.7 Å². The van der Waals surface area contributed by atoms with Crippen LogP contribution in [-0.2, 0) is 19.2 Å². The Kier molecular flexibility index (Phi) is 47.6. The number of allylic oxidation sites excluding steroid dienone is 4. The summed E-state index contributed by atoms with van der Waals surface area (Å²) in [5.41, 5.74) is 12.2. The molecule has 10 nitrogen and oxygen atoms in total. The second-order valence-corrected chi connectivity index (χ2v) is 18.6. The number of unbranched alkanes of at least 4 members (excludes halogenated alkanes) is 27. The maximum Gasteiger partial charge on any atom is 0.236 e. The van der Waals surface area contributed by atoms with Crippen LogP contribution >= 0.6 is 0 Å². The van der Waals surface area contributed by atoms with Crippen molar-refractivity contribution < 1.29 is 19.2 Å². The molecular formula is C54H104N6O4. The van der Waals surface area contributed by atoms with Crippen molar-refractivity contribution in [2.75, 3.05) is 26.2 Å². The summed E-state index contributed by atoms with van der Waals surface area (Å²) in [6, 6.07) is -1.06. The molecule has 0 radical (unpaired) electrons. The van der Waals surface area contributed by atoms with Crippen LogP contribution in [0, 0.1) is 0 Å². The number of carbonyl (C=O) groups is 4. The number of amides is 4. The van der Waals surface area contributed by atoms with E-state index in [1.165, 1.54) is 141 Å². The Bertz CT molecular complexity index is 1050.